The molecule has 0 saturated heterocycles. The molecule has 5 heteroatoms. The van der Waals surface area contributed by atoms with Gasteiger partial charge in [0.05, 0.1) is 5.69 Å². The molecule has 128 valence electrons. The summed E-state index contributed by atoms with van der Waals surface area (Å²) in [6.45, 7) is 1.37. The maximum Gasteiger partial charge on any atom is 0.251 e. The lowest BCUT2D eigenvalue weighted by atomic mass is 10.1. The second-order valence-corrected chi connectivity index (χ2v) is 6.19. The third-order valence-electron chi connectivity index (χ3n) is 3.94. The van der Waals surface area contributed by atoms with Gasteiger partial charge in [-0.3, -0.25) is 4.79 Å². The lowest BCUT2D eigenvalue weighted by Gasteiger charge is -2.14. The average molecular weight is 334 g/mol. The van der Waals surface area contributed by atoms with E-state index in [1.54, 1.807) is 10.9 Å². The topological polar surface area (TPSA) is 50.2 Å². The molecule has 0 aliphatic heterocycles. The van der Waals surface area contributed by atoms with Crippen LogP contribution in [0.25, 0.3) is 5.69 Å². The third-order valence-corrected chi connectivity index (χ3v) is 3.94. The second kappa shape index (κ2) is 7.77. The Kier molecular flexibility index (Phi) is 5.26. The Balaban J connectivity index is 1.65. The monoisotopic (exact) mass is 334 g/mol. The van der Waals surface area contributed by atoms with Crippen LogP contribution >= 0.6 is 0 Å². The molecule has 0 aliphatic rings. The van der Waals surface area contributed by atoms with E-state index in [1.807, 2.05) is 62.8 Å². The first kappa shape index (κ1) is 16.9. The Morgan fingerprint density at radius 1 is 1.04 bits per heavy atom. The highest BCUT2D eigenvalue weighted by Crippen LogP contribution is 2.12. The summed E-state index contributed by atoms with van der Waals surface area (Å²) in [6.07, 6.45) is 3.60. The molecule has 1 amide bonds. The zero-order valence-electron chi connectivity index (χ0n) is 14.5. The lowest BCUT2D eigenvalue weighted by molar-refractivity contribution is 0.0951. The fraction of sp³-hybridized carbons (Fsp3) is 0.200. The molecular weight excluding hydrogens is 312 g/mol. The van der Waals surface area contributed by atoms with E-state index >= 15 is 0 Å². The summed E-state index contributed by atoms with van der Waals surface area (Å²) < 4.78 is 1.76. The number of hydrogen-bond acceptors (Lipinski definition) is 3. The number of benzene rings is 2. The van der Waals surface area contributed by atoms with Crippen molar-refractivity contribution in [2.24, 2.45) is 0 Å². The molecule has 1 N–H and O–H groups in total. The first-order chi connectivity index (χ1) is 12.1. The van der Waals surface area contributed by atoms with E-state index in [-0.39, 0.29) is 5.91 Å². The van der Waals surface area contributed by atoms with Gasteiger partial charge in [-0.05, 0) is 55.6 Å². The minimum absolute atomic E-state index is 0.0772. The van der Waals surface area contributed by atoms with Gasteiger partial charge in [0, 0.05) is 31.0 Å². The van der Waals surface area contributed by atoms with Crippen molar-refractivity contribution in [2.75, 3.05) is 14.1 Å². The van der Waals surface area contributed by atoms with Crippen LogP contribution in [0.1, 0.15) is 21.5 Å². The van der Waals surface area contributed by atoms with Crippen LogP contribution in [0.2, 0.25) is 0 Å². The van der Waals surface area contributed by atoms with E-state index in [4.69, 9.17) is 0 Å². The van der Waals surface area contributed by atoms with Gasteiger partial charge in [0.1, 0.15) is 0 Å². The van der Waals surface area contributed by atoms with E-state index in [9.17, 15) is 4.79 Å². The maximum absolute atomic E-state index is 12.4. The molecule has 0 aliphatic carbocycles. The van der Waals surface area contributed by atoms with Gasteiger partial charge in [0.2, 0.25) is 0 Å². The van der Waals surface area contributed by atoms with Gasteiger partial charge < -0.3 is 10.2 Å². The largest absolute Gasteiger partial charge is 0.348 e. The van der Waals surface area contributed by atoms with E-state index < -0.39 is 0 Å². The lowest BCUT2D eigenvalue weighted by Crippen LogP contribution is -2.24. The predicted molar refractivity (Wildman–Crippen MR) is 98.6 cm³/mol. The number of hydrogen-bond donors (Lipinski definition) is 1. The Hall–Kier alpha value is -2.92. The number of rotatable bonds is 6. The molecule has 1 aromatic heterocycles. The third kappa shape index (κ3) is 4.33. The van der Waals surface area contributed by atoms with Gasteiger partial charge in [0.25, 0.3) is 5.91 Å². The zero-order valence-corrected chi connectivity index (χ0v) is 14.5. The van der Waals surface area contributed by atoms with Crippen molar-refractivity contribution in [3.8, 4) is 5.69 Å². The summed E-state index contributed by atoms with van der Waals surface area (Å²) in [5.41, 5.74) is 3.93. The number of carbonyl (C=O) groups excluding carboxylic acids is 1. The summed E-state index contributed by atoms with van der Waals surface area (Å²) in [7, 11) is 4.08. The van der Waals surface area contributed by atoms with Crippen molar-refractivity contribution < 1.29 is 4.79 Å². The van der Waals surface area contributed by atoms with Crippen LogP contribution in [0, 0.1) is 0 Å². The highest BCUT2D eigenvalue weighted by atomic mass is 16.1. The summed E-state index contributed by atoms with van der Waals surface area (Å²) in [4.78, 5) is 14.5. The molecular formula is C20H22N4O. The van der Waals surface area contributed by atoms with Gasteiger partial charge in [-0.15, -0.1) is 0 Å². The maximum atomic E-state index is 12.4. The van der Waals surface area contributed by atoms with Crippen LogP contribution in [0.15, 0.2) is 67.0 Å². The molecule has 3 aromatic rings. The first-order valence-electron chi connectivity index (χ1n) is 8.23. The number of aromatic nitrogens is 2. The molecule has 25 heavy (non-hydrogen) atoms. The van der Waals surface area contributed by atoms with Gasteiger partial charge in [0.15, 0.2) is 0 Å². The molecule has 0 bridgehead atoms. The molecule has 0 spiro atoms. The quantitative estimate of drug-likeness (QED) is 0.754. The van der Waals surface area contributed by atoms with Crippen molar-refractivity contribution in [2.45, 2.75) is 13.1 Å². The van der Waals surface area contributed by atoms with E-state index in [1.165, 1.54) is 5.56 Å². The molecule has 2 aromatic carbocycles. The summed E-state index contributed by atoms with van der Waals surface area (Å²) in [6, 6.07) is 17.5. The summed E-state index contributed by atoms with van der Waals surface area (Å²) in [5.74, 6) is -0.0772. The second-order valence-electron chi connectivity index (χ2n) is 6.19. The van der Waals surface area contributed by atoms with E-state index in [0.717, 1.165) is 17.8 Å². The van der Waals surface area contributed by atoms with Crippen LogP contribution in [0.3, 0.4) is 0 Å². The van der Waals surface area contributed by atoms with Crippen LogP contribution < -0.4 is 5.32 Å². The average Bonchev–Trinajstić information content (AvgIpc) is 3.15. The van der Waals surface area contributed by atoms with Crippen LogP contribution in [0.5, 0.6) is 0 Å². The zero-order chi connectivity index (χ0) is 17.6. The van der Waals surface area contributed by atoms with Gasteiger partial charge in [-0.1, -0.05) is 24.3 Å². The number of carbonyl (C=O) groups is 1. The number of nitrogens with zero attached hydrogens (tertiary/aromatic N) is 3. The van der Waals surface area contributed by atoms with E-state index in [2.05, 4.69) is 27.4 Å². The molecule has 5 nitrogen and oxygen atoms in total. The fourth-order valence-electron chi connectivity index (χ4n) is 2.69. The summed E-state index contributed by atoms with van der Waals surface area (Å²) in [5, 5.41) is 7.19. The Morgan fingerprint density at radius 2 is 1.76 bits per heavy atom. The van der Waals surface area contributed by atoms with Crippen molar-refractivity contribution in [3.05, 3.63) is 83.7 Å². The van der Waals surface area contributed by atoms with Crippen LogP contribution in [-0.2, 0) is 13.1 Å². The van der Waals surface area contributed by atoms with Crippen LogP contribution in [0.4, 0.5) is 0 Å². The standard InChI is InChI=1S/C20H22N4O/c1-23(2)15-18-7-4-3-6-17(18)14-21-20(25)16-8-10-19(11-9-16)24-13-5-12-22-24/h3-13H,14-15H2,1-2H3,(H,21,25). The molecule has 0 fully saturated rings. The molecule has 3 rings (SSSR count). The number of amides is 1. The SMILES string of the molecule is CN(C)Cc1ccccc1CNC(=O)c1ccc(-n2cccn2)cc1. The Labute approximate surface area is 147 Å². The van der Waals surface area contributed by atoms with E-state index in [0.29, 0.717) is 12.1 Å². The van der Waals surface area contributed by atoms with Gasteiger partial charge >= 0.3 is 0 Å². The molecule has 0 atom stereocenters. The smallest absolute Gasteiger partial charge is 0.251 e. The minimum atomic E-state index is -0.0772. The summed E-state index contributed by atoms with van der Waals surface area (Å²) >= 11 is 0. The molecule has 0 saturated carbocycles. The minimum Gasteiger partial charge on any atom is -0.348 e. The van der Waals surface area contributed by atoms with Crippen LogP contribution in [-0.4, -0.2) is 34.7 Å². The predicted octanol–water partition coefficient (Wildman–Crippen LogP) is 2.86. The first-order valence-corrected chi connectivity index (χ1v) is 8.23. The van der Waals surface area contributed by atoms with Crippen molar-refractivity contribution in [3.63, 3.8) is 0 Å². The molecule has 0 unspecified atom stereocenters. The number of nitrogens with one attached hydrogen (secondary N) is 1. The van der Waals surface area contributed by atoms with Crippen molar-refractivity contribution >= 4 is 5.91 Å². The highest BCUT2D eigenvalue weighted by molar-refractivity contribution is 5.94. The molecule has 0 radical (unpaired) electrons. The van der Waals surface area contributed by atoms with Crippen molar-refractivity contribution in [1.29, 1.82) is 0 Å². The Bertz CT molecular complexity index is 823. The van der Waals surface area contributed by atoms with Gasteiger partial charge in [-0.25, -0.2) is 4.68 Å². The molecule has 1 heterocycles. The normalized spacial score (nSPS) is 10.8. The van der Waals surface area contributed by atoms with Gasteiger partial charge in [-0.2, -0.15) is 5.10 Å². The fourth-order valence-corrected chi connectivity index (χ4v) is 2.69. The highest BCUT2D eigenvalue weighted by Gasteiger charge is 2.08. The van der Waals surface area contributed by atoms with Crippen molar-refractivity contribution in [1.82, 2.24) is 20.0 Å². The Morgan fingerprint density at radius 3 is 2.40 bits per heavy atom.